The predicted molar refractivity (Wildman–Crippen MR) is 107 cm³/mol. The summed E-state index contributed by atoms with van der Waals surface area (Å²) < 4.78 is 13.2. The second-order valence-corrected chi connectivity index (χ2v) is 6.40. The third-order valence-electron chi connectivity index (χ3n) is 3.97. The molecule has 0 aliphatic rings. The Hall–Kier alpha value is -2.89. The summed E-state index contributed by atoms with van der Waals surface area (Å²) in [5.74, 6) is 0.476. The highest BCUT2D eigenvalue weighted by molar-refractivity contribution is 5.93. The first-order chi connectivity index (χ1) is 13.0. The van der Waals surface area contributed by atoms with E-state index in [4.69, 9.17) is 0 Å². The van der Waals surface area contributed by atoms with E-state index in [2.05, 4.69) is 15.6 Å². The number of guanidine groups is 1. The van der Waals surface area contributed by atoms with Gasteiger partial charge in [0.2, 0.25) is 0 Å². The smallest absolute Gasteiger partial charge is 0.253 e. The molecule has 0 heterocycles. The normalized spacial score (nSPS) is 11.2. The number of nitrogens with one attached hydrogen (secondary N) is 2. The van der Waals surface area contributed by atoms with Gasteiger partial charge in [-0.25, -0.2) is 9.38 Å². The average molecular weight is 370 g/mol. The van der Waals surface area contributed by atoms with Gasteiger partial charge in [-0.1, -0.05) is 24.3 Å². The number of carbonyl (C=O) groups excluding carboxylic acids is 1. The highest BCUT2D eigenvalue weighted by Crippen LogP contribution is 2.08. The molecular formula is C21H27FN4O. The molecule has 0 aliphatic heterocycles. The van der Waals surface area contributed by atoms with Crippen LogP contribution < -0.4 is 10.6 Å². The summed E-state index contributed by atoms with van der Waals surface area (Å²) in [6.45, 7) is 3.92. The van der Waals surface area contributed by atoms with Crippen molar-refractivity contribution in [1.82, 2.24) is 15.5 Å². The van der Waals surface area contributed by atoms with Gasteiger partial charge < -0.3 is 15.5 Å². The number of halogens is 1. The van der Waals surface area contributed by atoms with Crippen LogP contribution in [0, 0.1) is 5.82 Å². The van der Waals surface area contributed by atoms with Gasteiger partial charge in [0.15, 0.2) is 5.96 Å². The van der Waals surface area contributed by atoms with E-state index in [9.17, 15) is 9.18 Å². The Bertz CT molecular complexity index is 772. The zero-order valence-electron chi connectivity index (χ0n) is 16.1. The Balaban J connectivity index is 1.91. The molecule has 2 aromatic carbocycles. The second-order valence-electron chi connectivity index (χ2n) is 6.40. The average Bonchev–Trinajstić information content (AvgIpc) is 2.66. The van der Waals surface area contributed by atoms with Gasteiger partial charge in [-0.05, 0) is 48.7 Å². The summed E-state index contributed by atoms with van der Waals surface area (Å²) in [5.41, 5.74) is 2.62. The first-order valence-electron chi connectivity index (χ1n) is 9.07. The summed E-state index contributed by atoms with van der Waals surface area (Å²) in [6, 6.07) is 14.1. The van der Waals surface area contributed by atoms with Crippen molar-refractivity contribution in [3.05, 3.63) is 71.0 Å². The summed E-state index contributed by atoms with van der Waals surface area (Å²) >= 11 is 0. The van der Waals surface area contributed by atoms with Crippen LogP contribution in [0.2, 0.25) is 0 Å². The van der Waals surface area contributed by atoms with Gasteiger partial charge in [0.1, 0.15) is 5.82 Å². The van der Waals surface area contributed by atoms with E-state index in [1.54, 1.807) is 31.1 Å². The number of hydrogen-bond donors (Lipinski definition) is 2. The number of nitrogens with zero attached hydrogens (tertiary/aromatic N) is 2. The molecule has 2 aromatic rings. The van der Waals surface area contributed by atoms with Crippen LogP contribution in [0.3, 0.4) is 0 Å². The number of rotatable bonds is 7. The topological polar surface area (TPSA) is 56.7 Å². The Kier molecular flexibility index (Phi) is 7.79. The zero-order valence-corrected chi connectivity index (χ0v) is 16.1. The molecule has 0 atom stereocenters. The maximum atomic E-state index is 13.2. The second kappa shape index (κ2) is 10.3. The quantitative estimate of drug-likeness (QED) is 0.582. The summed E-state index contributed by atoms with van der Waals surface area (Å²) in [6.07, 6.45) is 0.712. The van der Waals surface area contributed by atoms with Crippen molar-refractivity contribution >= 4 is 11.9 Å². The van der Waals surface area contributed by atoms with Gasteiger partial charge in [0.05, 0.1) is 6.54 Å². The molecule has 0 radical (unpaired) electrons. The number of aliphatic imine (C=N–C) groups is 1. The summed E-state index contributed by atoms with van der Waals surface area (Å²) in [7, 11) is 3.47. The van der Waals surface area contributed by atoms with Crippen LogP contribution in [0.1, 0.15) is 28.4 Å². The Morgan fingerprint density at radius 2 is 1.81 bits per heavy atom. The minimum absolute atomic E-state index is 0.0163. The molecule has 0 aromatic heterocycles. The van der Waals surface area contributed by atoms with E-state index in [-0.39, 0.29) is 11.7 Å². The molecule has 144 valence electrons. The van der Waals surface area contributed by atoms with Gasteiger partial charge in [-0.2, -0.15) is 0 Å². The summed E-state index contributed by atoms with van der Waals surface area (Å²) in [4.78, 5) is 18.0. The maximum absolute atomic E-state index is 13.2. The molecule has 0 spiro atoms. The van der Waals surface area contributed by atoms with Crippen molar-refractivity contribution in [1.29, 1.82) is 0 Å². The lowest BCUT2D eigenvalue weighted by molar-refractivity contribution is 0.0827. The third kappa shape index (κ3) is 6.73. The predicted octanol–water partition coefficient (Wildman–Crippen LogP) is 2.83. The van der Waals surface area contributed by atoms with Gasteiger partial charge >= 0.3 is 0 Å². The molecule has 0 saturated heterocycles. The molecule has 6 heteroatoms. The zero-order chi connectivity index (χ0) is 19.6. The van der Waals surface area contributed by atoms with E-state index >= 15 is 0 Å². The number of carbonyl (C=O) groups is 1. The third-order valence-corrected chi connectivity index (χ3v) is 3.97. The van der Waals surface area contributed by atoms with E-state index in [0.29, 0.717) is 31.0 Å². The molecule has 0 fully saturated rings. The van der Waals surface area contributed by atoms with Gasteiger partial charge in [0.25, 0.3) is 5.91 Å². The van der Waals surface area contributed by atoms with Crippen molar-refractivity contribution in [2.24, 2.45) is 4.99 Å². The Morgan fingerprint density at radius 3 is 2.44 bits per heavy atom. The molecular weight excluding hydrogens is 343 g/mol. The van der Waals surface area contributed by atoms with Crippen LogP contribution in [0.4, 0.5) is 4.39 Å². The van der Waals surface area contributed by atoms with Crippen LogP contribution in [-0.2, 0) is 13.0 Å². The lowest BCUT2D eigenvalue weighted by atomic mass is 10.1. The molecule has 0 aliphatic carbocycles. The van der Waals surface area contributed by atoms with Gasteiger partial charge in [-0.15, -0.1) is 0 Å². The Morgan fingerprint density at radius 1 is 1.07 bits per heavy atom. The molecule has 0 bridgehead atoms. The Labute approximate surface area is 160 Å². The lowest BCUT2D eigenvalue weighted by Gasteiger charge is -2.12. The van der Waals surface area contributed by atoms with E-state index < -0.39 is 0 Å². The molecule has 1 amide bonds. The standard InChI is InChI=1S/C21H27FN4O/c1-4-23-21(24-13-12-16-6-5-7-19(22)14-16)25-15-17-8-10-18(11-9-17)20(27)26(2)3/h5-11,14H,4,12-13,15H2,1-3H3,(H2,23,24,25). The highest BCUT2D eigenvalue weighted by atomic mass is 19.1. The molecule has 2 rings (SSSR count). The molecule has 0 unspecified atom stereocenters. The molecule has 27 heavy (non-hydrogen) atoms. The van der Waals surface area contributed by atoms with Crippen molar-refractivity contribution in [3.63, 3.8) is 0 Å². The van der Waals surface area contributed by atoms with Crippen molar-refractivity contribution in [2.75, 3.05) is 27.2 Å². The maximum Gasteiger partial charge on any atom is 0.253 e. The van der Waals surface area contributed by atoms with Crippen molar-refractivity contribution in [3.8, 4) is 0 Å². The fourth-order valence-corrected chi connectivity index (χ4v) is 2.54. The van der Waals surface area contributed by atoms with Crippen LogP contribution >= 0.6 is 0 Å². The first-order valence-corrected chi connectivity index (χ1v) is 9.07. The van der Waals surface area contributed by atoms with E-state index in [1.165, 1.54) is 6.07 Å². The van der Waals surface area contributed by atoms with Gasteiger partial charge in [0, 0.05) is 32.7 Å². The van der Waals surface area contributed by atoms with Crippen molar-refractivity contribution in [2.45, 2.75) is 19.9 Å². The number of benzene rings is 2. The SMILES string of the molecule is CCNC(=NCc1ccc(C(=O)N(C)C)cc1)NCCc1cccc(F)c1. The molecule has 2 N–H and O–H groups in total. The minimum atomic E-state index is -0.218. The van der Waals surface area contributed by atoms with Crippen molar-refractivity contribution < 1.29 is 9.18 Å². The molecule has 5 nitrogen and oxygen atoms in total. The van der Waals surface area contributed by atoms with Crippen LogP contribution in [0.15, 0.2) is 53.5 Å². The number of amides is 1. The fourth-order valence-electron chi connectivity index (χ4n) is 2.54. The van der Waals surface area contributed by atoms with Crippen LogP contribution in [-0.4, -0.2) is 44.0 Å². The highest BCUT2D eigenvalue weighted by Gasteiger charge is 2.07. The van der Waals surface area contributed by atoms with Gasteiger partial charge in [-0.3, -0.25) is 4.79 Å². The summed E-state index contributed by atoms with van der Waals surface area (Å²) in [5, 5.41) is 6.46. The lowest BCUT2D eigenvalue weighted by Crippen LogP contribution is -2.38. The van der Waals surface area contributed by atoms with Crippen LogP contribution in [0.25, 0.3) is 0 Å². The fraction of sp³-hybridized carbons (Fsp3) is 0.333. The molecule has 0 saturated carbocycles. The van der Waals surface area contributed by atoms with Crippen LogP contribution in [0.5, 0.6) is 0 Å². The largest absolute Gasteiger partial charge is 0.357 e. The minimum Gasteiger partial charge on any atom is -0.357 e. The van der Waals surface area contributed by atoms with E-state index in [0.717, 1.165) is 17.7 Å². The van der Waals surface area contributed by atoms with E-state index in [1.807, 2.05) is 37.3 Å². The monoisotopic (exact) mass is 370 g/mol. The number of hydrogen-bond acceptors (Lipinski definition) is 2. The first kappa shape index (κ1) is 20.4.